The number of nitrogens with one attached hydrogen (secondary N) is 1. The van der Waals surface area contributed by atoms with Crippen LogP contribution in [-0.4, -0.2) is 13.0 Å². The molecule has 0 heterocycles. The second-order valence-electron chi connectivity index (χ2n) is 4.55. The average molecular weight is 290 g/mol. The number of methoxy groups -OCH3 is 1. The van der Waals surface area contributed by atoms with Crippen molar-refractivity contribution in [1.29, 1.82) is 0 Å². The Bertz CT molecular complexity index is 608. The van der Waals surface area contributed by atoms with E-state index in [1.54, 1.807) is 25.3 Å². The number of amides is 1. The Labute approximate surface area is 123 Å². The number of halogens is 1. The third kappa shape index (κ3) is 3.75. The molecule has 0 spiro atoms. The second-order valence-corrected chi connectivity index (χ2v) is 4.98. The van der Waals surface area contributed by atoms with Gasteiger partial charge in [0.05, 0.1) is 13.5 Å². The first-order chi connectivity index (χ1) is 9.58. The van der Waals surface area contributed by atoms with Crippen LogP contribution < -0.4 is 10.1 Å². The molecule has 0 bridgehead atoms. The van der Waals surface area contributed by atoms with Crippen LogP contribution in [0.2, 0.25) is 5.02 Å². The number of rotatable bonds is 4. The van der Waals surface area contributed by atoms with Crippen LogP contribution in [0.25, 0.3) is 0 Å². The lowest BCUT2D eigenvalue weighted by atomic mass is 10.1. The van der Waals surface area contributed by atoms with E-state index in [-0.39, 0.29) is 12.3 Å². The van der Waals surface area contributed by atoms with Gasteiger partial charge in [-0.15, -0.1) is 0 Å². The topological polar surface area (TPSA) is 38.3 Å². The van der Waals surface area contributed by atoms with Crippen LogP contribution in [0.15, 0.2) is 42.5 Å². The molecule has 0 saturated heterocycles. The Kier molecular flexibility index (Phi) is 4.64. The fourth-order valence-corrected chi connectivity index (χ4v) is 2.10. The number of hydrogen-bond acceptors (Lipinski definition) is 2. The normalized spacial score (nSPS) is 10.2. The standard InChI is InChI=1S/C16H16ClNO2/c1-11-3-6-14(7-4-11)18-16(19)10-12-9-13(17)5-8-15(12)20-2/h3-9H,10H2,1-2H3,(H,18,19). The van der Waals surface area contributed by atoms with E-state index in [2.05, 4.69) is 5.32 Å². The van der Waals surface area contributed by atoms with E-state index < -0.39 is 0 Å². The Morgan fingerprint density at radius 2 is 1.90 bits per heavy atom. The molecule has 3 nitrogen and oxygen atoms in total. The zero-order valence-corrected chi connectivity index (χ0v) is 12.2. The summed E-state index contributed by atoms with van der Waals surface area (Å²) in [6.07, 6.45) is 0.220. The van der Waals surface area contributed by atoms with Crippen LogP contribution >= 0.6 is 11.6 Å². The zero-order valence-electron chi connectivity index (χ0n) is 11.4. The van der Waals surface area contributed by atoms with Crippen LogP contribution in [0.3, 0.4) is 0 Å². The SMILES string of the molecule is COc1ccc(Cl)cc1CC(=O)Nc1ccc(C)cc1. The Hall–Kier alpha value is -2.00. The Morgan fingerprint density at radius 3 is 2.55 bits per heavy atom. The summed E-state index contributed by atoms with van der Waals surface area (Å²) in [5.41, 5.74) is 2.70. The number of ether oxygens (including phenoxy) is 1. The van der Waals surface area contributed by atoms with Gasteiger partial charge in [-0.1, -0.05) is 29.3 Å². The van der Waals surface area contributed by atoms with Gasteiger partial charge in [-0.05, 0) is 37.3 Å². The van der Waals surface area contributed by atoms with E-state index >= 15 is 0 Å². The van der Waals surface area contributed by atoms with Crippen molar-refractivity contribution in [2.75, 3.05) is 12.4 Å². The first kappa shape index (κ1) is 14.4. The molecule has 2 aromatic rings. The summed E-state index contributed by atoms with van der Waals surface area (Å²) in [5.74, 6) is 0.558. The largest absolute Gasteiger partial charge is 0.496 e. The number of carbonyl (C=O) groups is 1. The van der Waals surface area contributed by atoms with Crippen molar-refractivity contribution in [2.45, 2.75) is 13.3 Å². The van der Waals surface area contributed by atoms with Gasteiger partial charge in [0, 0.05) is 16.3 Å². The van der Waals surface area contributed by atoms with Crippen molar-refractivity contribution in [3.05, 3.63) is 58.6 Å². The number of anilines is 1. The molecule has 0 aliphatic carbocycles. The highest BCUT2D eigenvalue weighted by Crippen LogP contribution is 2.23. The summed E-state index contributed by atoms with van der Waals surface area (Å²) in [7, 11) is 1.57. The minimum atomic E-state index is -0.102. The predicted octanol–water partition coefficient (Wildman–Crippen LogP) is 3.84. The molecule has 1 N–H and O–H groups in total. The maximum absolute atomic E-state index is 12.0. The smallest absolute Gasteiger partial charge is 0.228 e. The lowest BCUT2D eigenvalue weighted by Gasteiger charge is -2.09. The van der Waals surface area contributed by atoms with E-state index in [1.165, 1.54) is 0 Å². The molecule has 2 aromatic carbocycles. The molecule has 20 heavy (non-hydrogen) atoms. The first-order valence-corrected chi connectivity index (χ1v) is 6.65. The zero-order chi connectivity index (χ0) is 14.5. The average Bonchev–Trinajstić information content (AvgIpc) is 2.41. The van der Waals surface area contributed by atoms with Gasteiger partial charge in [0.15, 0.2) is 0 Å². The Morgan fingerprint density at radius 1 is 1.20 bits per heavy atom. The van der Waals surface area contributed by atoms with Crippen molar-refractivity contribution < 1.29 is 9.53 Å². The third-order valence-corrected chi connectivity index (χ3v) is 3.16. The monoisotopic (exact) mass is 289 g/mol. The number of benzene rings is 2. The molecule has 0 radical (unpaired) electrons. The molecule has 4 heteroatoms. The van der Waals surface area contributed by atoms with Gasteiger partial charge >= 0.3 is 0 Å². The van der Waals surface area contributed by atoms with Crippen molar-refractivity contribution in [3.63, 3.8) is 0 Å². The molecule has 0 saturated carbocycles. The molecular formula is C16H16ClNO2. The molecule has 104 valence electrons. The maximum Gasteiger partial charge on any atom is 0.228 e. The van der Waals surface area contributed by atoms with Crippen LogP contribution in [-0.2, 0) is 11.2 Å². The molecular weight excluding hydrogens is 274 g/mol. The van der Waals surface area contributed by atoms with Gasteiger partial charge in [-0.25, -0.2) is 0 Å². The third-order valence-electron chi connectivity index (χ3n) is 2.93. The van der Waals surface area contributed by atoms with Gasteiger partial charge < -0.3 is 10.1 Å². The van der Waals surface area contributed by atoms with E-state index in [4.69, 9.17) is 16.3 Å². The first-order valence-electron chi connectivity index (χ1n) is 6.27. The number of hydrogen-bond donors (Lipinski definition) is 1. The molecule has 0 fully saturated rings. The molecule has 2 rings (SSSR count). The fraction of sp³-hybridized carbons (Fsp3) is 0.188. The molecule has 0 aromatic heterocycles. The maximum atomic E-state index is 12.0. The molecule has 0 unspecified atom stereocenters. The van der Waals surface area contributed by atoms with Crippen molar-refractivity contribution in [1.82, 2.24) is 0 Å². The van der Waals surface area contributed by atoms with E-state index in [0.717, 1.165) is 16.8 Å². The molecule has 0 atom stereocenters. The number of carbonyl (C=O) groups excluding carboxylic acids is 1. The quantitative estimate of drug-likeness (QED) is 0.929. The molecule has 0 aliphatic rings. The summed E-state index contributed by atoms with van der Waals surface area (Å²) in [6, 6.07) is 12.9. The van der Waals surface area contributed by atoms with E-state index in [1.807, 2.05) is 31.2 Å². The Balaban J connectivity index is 2.08. The fourth-order valence-electron chi connectivity index (χ4n) is 1.90. The lowest BCUT2D eigenvalue weighted by molar-refractivity contribution is -0.115. The highest BCUT2D eigenvalue weighted by Gasteiger charge is 2.09. The van der Waals surface area contributed by atoms with Crippen LogP contribution in [0.1, 0.15) is 11.1 Å². The minimum Gasteiger partial charge on any atom is -0.496 e. The number of aryl methyl sites for hydroxylation is 1. The molecule has 1 amide bonds. The lowest BCUT2D eigenvalue weighted by Crippen LogP contribution is -2.14. The van der Waals surface area contributed by atoms with Crippen LogP contribution in [0.4, 0.5) is 5.69 Å². The highest BCUT2D eigenvalue weighted by molar-refractivity contribution is 6.30. The summed E-state index contributed by atoms with van der Waals surface area (Å²) < 4.78 is 5.23. The summed E-state index contributed by atoms with van der Waals surface area (Å²) >= 11 is 5.95. The van der Waals surface area contributed by atoms with Crippen LogP contribution in [0, 0.1) is 6.92 Å². The minimum absolute atomic E-state index is 0.102. The highest BCUT2D eigenvalue weighted by atomic mass is 35.5. The van der Waals surface area contributed by atoms with E-state index in [9.17, 15) is 4.79 Å². The van der Waals surface area contributed by atoms with Crippen molar-refractivity contribution >= 4 is 23.2 Å². The second kappa shape index (κ2) is 6.44. The van der Waals surface area contributed by atoms with Gasteiger partial charge in [-0.3, -0.25) is 4.79 Å². The van der Waals surface area contributed by atoms with Crippen molar-refractivity contribution in [2.24, 2.45) is 0 Å². The predicted molar refractivity (Wildman–Crippen MR) is 81.5 cm³/mol. The molecule has 0 aliphatic heterocycles. The summed E-state index contributed by atoms with van der Waals surface area (Å²) in [5, 5.41) is 3.44. The van der Waals surface area contributed by atoms with Crippen LogP contribution in [0.5, 0.6) is 5.75 Å². The van der Waals surface area contributed by atoms with Gasteiger partial charge in [0.25, 0.3) is 0 Å². The van der Waals surface area contributed by atoms with E-state index in [0.29, 0.717) is 10.8 Å². The van der Waals surface area contributed by atoms with Gasteiger partial charge in [0.2, 0.25) is 5.91 Å². The van der Waals surface area contributed by atoms with Gasteiger partial charge in [-0.2, -0.15) is 0 Å². The summed E-state index contributed by atoms with van der Waals surface area (Å²) in [6.45, 7) is 2.00. The van der Waals surface area contributed by atoms with Gasteiger partial charge in [0.1, 0.15) is 5.75 Å². The van der Waals surface area contributed by atoms with Crippen molar-refractivity contribution in [3.8, 4) is 5.75 Å². The summed E-state index contributed by atoms with van der Waals surface area (Å²) in [4.78, 5) is 12.0.